The monoisotopic (exact) mass is 446 g/mol. The lowest BCUT2D eigenvalue weighted by Crippen LogP contribution is -2.37. The van der Waals surface area contributed by atoms with Gasteiger partial charge in [0.15, 0.2) is 5.89 Å². The molecule has 3 aromatic rings. The molecule has 4 N–H and O–H groups in total. The van der Waals surface area contributed by atoms with Crippen molar-refractivity contribution >= 4 is 11.6 Å². The maximum absolute atomic E-state index is 12.9. The quantitative estimate of drug-likeness (QED) is 0.248. The number of hydrogen-bond acceptors (Lipinski definition) is 6. The fraction of sp³-hybridized carbons (Fsp3) is 0.273. The molecule has 1 amide bonds. The fourth-order valence-electron chi connectivity index (χ4n) is 3.41. The normalized spacial score (nSPS) is 14.1. The Labute approximate surface area is 181 Å². The molecule has 0 radical (unpaired) electrons. The van der Waals surface area contributed by atoms with Crippen LogP contribution < -0.4 is 16.3 Å². The number of oxazole rings is 1. The van der Waals surface area contributed by atoms with Gasteiger partial charge in [-0.3, -0.25) is 9.80 Å². The number of hydrogen-bond donors (Lipinski definition) is 2. The molecule has 4 rings (SSSR count). The Morgan fingerprint density at radius 3 is 2.47 bits per heavy atom. The predicted molar refractivity (Wildman–Crippen MR) is 110 cm³/mol. The number of aromatic nitrogens is 1. The Balaban J connectivity index is 1.49. The van der Waals surface area contributed by atoms with Gasteiger partial charge in [-0.1, -0.05) is 24.6 Å². The fourth-order valence-corrected chi connectivity index (χ4v) is 3.41. The van der Waals surface area contributed by atoms with E-state index in [9.17, 15) is 18.0 Å². The zero-order valence-electron chi connectivity index (χ0n) is 16.9. The lowest BCUT2D eigenvalue weighted by atomic mass is 9.85. The van der Waals surface area contributed by atoms with Crippen molar-refractivity contribution in [3.63, 3.8) is 0 Å². The SMILES string of the molecule is Nc1ccc(-c2ccc(OC(F)(F)F)cc2)cc1C(=O)N(N)Cc1coc(C2CCC2)n1. The van der Waals surface area contributed by atoms with Gasteiger partial charge >= 0.3 is 6.36 Å². The van der Waals surface area contributed by atoms with Crippen LogP contribution in [0.2, 0.25) is 0 Å². The van der Waals surface area contributed by atoms with Crippen LogP contribution in [0.5, 0.6) is 5.75 Å². The maximum Gasteiger partial charge on any atom is 0.573 e. The van der Waals surface area contributed by atoms with Gasteiger partial charge in [-0.05, 0) is 48.2 Å². The number of ether oxygens (including phenoxy) is 1. The summed E-state index contributed by atoms with van der Waals surface area (Å²) in [4.78, 5) is 17.3. The molecule has 1 aromatic heterocycles. The van der Waals surface area contributed by atoms with Crippen LogP contribution in [0.1, 0.15) is 47.1 Å². The number of nitrogen functional groups attached to an aromatic ring is 1. The Morgan fingerprint density at radius 2 is 1.84 bits per heavy atom. The zero-order chi connectivity index (χ0) is 22.9. The van der Waals surface area contributed by atoms with Gasteiger partial charge in [-0.15, -0.1) is 13.2 Å². The third kappa shape index (κ3) is 4.86. The van der Waals surface area contributed by atoms with Crippen LogP contribution in [0.25, 0.3) is 11.1 Å². The van der Waals surface area contributed by atoms with E-state index in [1.807, 2.05) is 0 Å². The molecule has 1 aliphatic rings. The first-order valence-electron chi connectivity index (χ1n) is 9.96. The van der Waals surface area contributed by atoms with Crippen molar-refractivity contribution in [2.45, 2.75) is 38.1 Å². The lowest BCUT2D eigenvalue weighted by molar-refractivity contribution is -0.274. The van der Waals surface area contributed by atoms with E-state index in [-0.39, 0.29) is 23.5 Å². The van der Waals surface area contributed by atoms with Crippen molar-refractivity contribution in [2.75, 3.05) is 5.73 Å². The number of amides is 1. The van der Waals surface area contributed by atoms with E-state index in [1.165, 1.54) is 30.5 Å². The summed E-state index contributed by atoms with van der Waals surface area (Å²) >= 11 is 0. The number of carbonyl (C=O) groups is 1. The minimum absolute atomic E-state index is 0.0438. The van der Waals surface area contributed by atoms with E-state index in [2.05, 4.69) is 9.72 Å². The van der Waals surface area contributed by atoms with Crippen molar-refractivity contribution in [1.29, 1.82) is 0 Å². The second kappa shape index (κ2) is 8.54. The first-order chi connectivity index (χ1) is 15.2. The Bertz CT molecular complexity index is 1110. The van der Waals surface area contributed by atoms with E-state index in [0.29, 0.717) is 28.6 Å². The van der Waals surface area contributed by atoms with Crippen LogP contribution in [0.15, 0.2) is 53.1 Å². The summed E-state index contributed by atoms with van der Waals surface area (Å²) < 4.78 is 46.4. The van der Waals surface area contributed by atoms with Crippen molar-refractivity contribution in [2.24, 2.45) is 5.84 Å². The number of rotatable bonds is 6. The number of hydrazine groups is 1. The highest BCUT2D eigenvalue weighted by molar-refractivity contribution is 6.00. The highest BCUT2D eigenvalue weighted by Crippen LogP contribution is 2.35. The molecule has 1 fully saturated rings. The van der Waals surface area contributed by atoms with Crippen LogP contribution in [-0.2, 0) is 6.54 Å². The van der Waals surface area contributed by atoms with E-state index < -0.39 is 12.3 Å². The molecule has 168 valence electrons. The minimum Gasteiger partial charge on any atom is -0.448 e. The molecule has 2 aromatic carbocycles. The van der Waals surface area contributed by atoms with E-state index in [4.69, 9.17) is 16.0 Å². The van der Waals surface area contributed by atoms with Gasteiger partial charge in [0.1, 0.15) is 17.7 Å². The highest BCUT2D eigenvalue weighted by atomic mass is 19.4. The van der Waals surface area contributed by atoms with Gasteiger partial charge in [0.05, 0.1) is 12.1 Å². The van der Waals surface area contributed by atoms with Crippen molar-refractivity contribution in [3.05, 3.63) is 65.9 Å². The Morgan fingerprint density at radius 1 is 1.16 bits per heavy atom. The summed E-state index contributed by atoms with van der Waals surface area (Å²) in [5.74, 6) is 6.10. The first-order valence-corrected chi connectivity index (χ1v) is 9.96. The average Bonchev–Trinajstić information content (AvgIpc) is 3.13. The summed E-state index contributed by atoms with van der Waals surface area (Å²) in [5.41, 5.74) is 8.08. The molecule has 0 saturated heterocycles. The van der Waals surface area contributed by atoms with Crippen molar-refractivity contribution < 1.29 is 27.1 Å². The molecular formula is C22H21F3N4O3. The molecule has 0 bridgehead atoms. The average molecular weight is 446 g/mol. The number of nitrogens with zero attached hydrogens (tertiary/aromatic N) is 2. The maximum atomic E-state index is 12.9. The van der Waals surface area contributed by atoms with Crippen LogP contribution in [0, 0.1) is 0 Å². The van der Waals surface area contributed by atoms with Crippen LogP contribution in [-0.4, -0.2) is 22.3 Å². The summed E-state index contributed by atoms with van der Waals surface area (Å²) in [5, 5.41) is 0.998. The molecule has 1 saturated carbocycles. The van der Waals surface area contributed by atoms with Gasteiger partial charge in [0.2, 0.25) is 0 Å². The minimum atomic E-state index is -4.77. The summed E-state index contributed by atoms with van der Waals surface area (Å²) in [6.45, 7) is 0.0438. The molecule has 1 heterocycles. The largest absolute Gasteiger partial charge is 0.573 e. The van der Waals surface area contributed by atoms with E-state index >= 15 is 0 Å². The molecule has 0 unspecified atom stereocenters. The molecule has 0 atom stereocenters. The van der Waals surface area contributed by atoms with Gasteiger partial charge in [0.25, 0.3) is 5.91 Å². The first kappa shape index (κ1) is 21.7. The van der Waals surface area contributed by atoms with Crippen molar-refractivity contribution in [3.8, 4) is 16.9 Å². The number of halogens is 3. The molecular weight excluding hydrogens is 425 g/mol. The summed E-state index contributed by atoms with van der Waals surface area (Å²) in [6.07, 6.45) is -0.0478. The van der Waals surface area contributed by atoms with Gasteiger partial charge in [0, 0.05) is 11.6 Å². The molecule has 0 aliphatic heterocycles. The number of benzene rings is 2. The molecule has 7 nitrogen and oxygen atoms in total. The number of carbonyl (C=O) groups excluding carboxylic acids is 1. The molecule has 1 aliphatic carbocycles. The van der Waals surface area contributed by atoms with Gasteiger partial charge < -0.3 is 14.9 Å². The standard InChI is InChI=1S/C22H21F3N4O3/c23-22(24,25)32-17-7-4-13(5-8-17)15-6-9-19(26)18(10-15)21(30)29(27)11-16-12-31-20(28-16)14-2-1-3-14/h4-10,12,14H,1-3,11,26-27H2. The molecule has 32 heavy (non-hydrogen) atoms. The summed E-state index contributed by atoms with van der Waals surface area (Å²) in [7, 11) is 0. The summed E-state index contributed by atoms with van der Waals surface area (Å²) in [6, 6.07) is 10.0. The topological polar surface area (TPSA) is 108 Å². The number of anilines is 1. The van der Waals surface area contributed by atoms with E-state index in [0.717, 1.165) is 24.3 Å². The van der Waals surface area contributed by atoms with Crippen LogP contribution in [0.3, 0.4) is 0 Å². The smallest absolute Gasteiger partial charge is 0.448 e. The zero-order valence-corrected chi connectivity index (χ0v) is 16.9. The van der Waals surface area contributed by atoms with Crippen molar-refractivity contribution in [1.82, 2.24) is 9.99 Å². The third-order valence-corrected chi connectivity index (χ3v) is 5.32. The Hall–Kier alpha value is -3.53. The lowest BCUT2D eigenvalue weighted by Gasteiger charge is -2.21. The predicted octanol–water partition coefficient (Wildman–Crippen LogP) is 4.61. The molecule has 10 heteroatoms. The highest BCUT2D eigenvalue weighted by Gasteiger charge is 2.31. The number of alkyl halides is 3. The third-order valence-electron chi connectivity index (χ3n) is 5.32. The number of nitrogens with two attached hydrogens (primary N) is 2. The van der Waals surface area contributed by atoms with E-state index in [1.54, 1.807) is 18.2 Å². The second-order valence-corrected chi connectivity index (χ2v) is 7.61. The Kier molecular flexibility index (Phi) is 5.79. The van der Waals surface area contributed by atoms with Crippen LogP contribution in [0.4, 0.5) is 18.9 Å². The van der Waals surface area contributed by atoms with Crippen LogP contribution >= 0.6 is 0 Å². The second-order valence-electron chi connectivity index (χ2n) is 7.61. The molecule has 0 spiro atoms. The van der Waals surface area contributed by atoms with Gasteiger partial charge in [-0.25, -0.2) is 10.8 Å². The van der Waals surface area contributed by atoms with Gasteiger partial charge in [-0.2, -0.15) is 0 Å².